The van der Waals surface area contributed by atoms with Crippen LogP contribution in [0.1, 0.15) is 19.3 Å². The van der Waals surface area contributed by atoms with E-state index in [0.29, 0.717) is 26.1 Å². The van der Waals surface area contributed by atoms with E-state index in [0.717, 1.165) is 6.42 Å². The summed E-state index contributed by atoms with van der Waals surface area (Å²) in [5.74, 6) is -0.221. The van der Waals surface area contributed by atoms with E-state index >= 15 is 0 Å². The van der Waals surface area contributed by atoms with Gasteiger partial charge in [0, 0.05) is 20.1 Å². The van der Waals surface area contributed by atoms with Crippen LogP contribution in [-0.4, -0.2) is 26.3 Å². The molecule has 0 heterocycles. The van der Waals surface area contributed by atoms with E-state index in [1.54, 1.807) is 19.3 Å². The number of rotatable bonds is 7. The van der Waals surface area contributed by atoms with Crippen LogP contribution in [0.2, 0.25) is 0 Å². The first-order chi connectivity index (χ1) is 6.31. The summed E-state index contributed by atoms with van der Waals surface area (Å²) >= 11 is 0. The van der Waals surface area contributed by atoms with E-state index in [1.807, 2.05) is 0 Å². The molecule has 0 aliphatic rings. The molecule has 0 unspecified atom stereocenters. The molecule has 0 saturated heterocycles. The zero-order valence-corrected chi connectivity index (χ0v) is 7.99. The minimum Gasteiger partial charge on any atom is -0.465 e. The van der Waals surface area contributed by atoms with Gasteiger partial charge >= 0.3 is 5.97 Å². The molecule has 0 aliphatic carbocycles. The Hall–Kier alpha value is -0.830. The van der Waals surface area contributed by atoms with E-state index in [9.17, 15) is 4.79 Å². The number of methoxy groups -OCH3 is 1. The normalized spacial score (nSPS) is 10.6. The molecule has 0 aromatic heterocycles. The molecule has 3 heteroatoms. The van der Waals surface area contributed by atoms with Crippen LogP contribution in [0.25, 0.3) is 0 Å². The van der Waals surface area contributed by atoms with E-state index in [2.05, 4.69) is 0 Å². The molecule has 0 saturated carbocycles. The second-order valence-corrected chi connectivity index (χ2v) is 2.48. The van der Waals surface area contributed by atoms with Crippen molar-refractivity contribution in [2.75, 3.05) is 20.3 Å². The molecule has 74 valence electrons. The molecule has 0 fully saturated rings. The summed E-state index contributed by atoms with van der Waals surface area (Å²) in [6.07, 6.45) is 4.93. The van der Waals surface area contributed by atoms with Crippen molar-refractivity contribution >= 4 is 5.97 Å². The highest BCUT2D eigenvalue weighted by Gasteiger charge is 1.97. The van der Waals surface area contributed by atoms with Gasteiger partial charge < -0.3 is 9.47 Å². The van der Waals surface area contributed by atoms with Gasteiger partial charge in [0.15, 0.2) is 0 Å². The molecule has 0 bridgehead atoms. The second kappa shape index (κ2) is 9.26. The van der Waals surface area contributed by atoms with Gasteiger partial charge in [0.2, 0.25) is 0 Å². The van der Waals surface area contributed by atoms with Gasteiger partial charge in [0.1, 0.15) is 0 Å². The van der Waals surface area contributed by atoms with Gasteiger partial charge in [-0.15, -0.1) is 0 Å². The maximum Gasteiger partial charge on any atom is 0.309 e. The number of carbonyl (C=O) groups is 1. The number of carbonyl (C=O) groups excluding carboxylic acids is 1. The molecular weight excluding hydrogens is 168 g/mol. The van der Waals surface area contributed by atoms with E-state index in [4.69, 9.17) is 16.4 Å². The Morgan fingerprint density at radius 2 is 2.15 bits per heavy atom. The Balaban J connectivity index is 3.25. The lowest BCUT2D eigenvalue weighted by atomic mass is 10.3. The summed E-state index contributed by atoms with van der Waals surface area (Å²) in [4.78, 5) is 10.9. The molecule has 0 aromatic rings. The van der Waals surface area contributed by atoms with E-state index in [1.165, 1.54) is 0 Å². The standard InChI is InChI=1S/C10H16O3/c1-3-4-5-7-10(11)13-9-6-8-12-2/h1,4-5H,3,6-9H2,2H3/b5-4-. The summed E-state index contributed by atoms with van der Waals surface area (Å²) in [6.45, 7) is 6.24. The fourth-order valence-corrected chi connectivity index (χ4v) is 0.724. The van der Waals surface area contributed by atoms with E-state index in [-0.39, 0.29) is 5.97 Å². The third kappa shape index (κ3) is 9.08. The zero-order chi connectivity index (χ0) is 9.94. The Morgan fingerprint density at radius 3 is 2.77 bits per heavy atom. The quantitative estimate of drug-likeness (QED) is 0.342. The highest BCUT2D eigenvalue weighted by atomic mass is 16.5. The first kappa shape index (κ1) is 12.2. The summed E-state index contributed by atoms with van der Waals surface area (Å²) < 4.78 is 9.68. The molecule has 0 N–H and O–H groups in total. The van der Waals surface area contributed by atoms with E-state index < -0.39 is 0 Å². The van der Waals surface area contributed by atoms with Crippen molar-refractivity contribution in [3.63, 3.8) is 0 Å². The maximum absolute atomic E-state index is 10.9. The topological polar surface area (TPSA) is 35.5 Å². The first-order valence-electron chi connectivity index (χ1n) is 4.31. The molecule has 13 heavy (non-hydrogen) atoms. The Morgan fingerprint density at radius 1 is 1.38 bits per heavy atom. The molecule has 0 rings (SSSR count). The minimum absolute atomic E-state index is 0.221. The predicted molar refractivity (Wildman–Crippen MR) is 50.1 cm³/mol. The molecule has 0 atom stereocenters. The van der Waals surface area contributed by atoms with Crippen molar-refractivity contribution in [1.29, 1.82) is 0 Å². The lowest BCUT2D eigenvalue weighted by Gasteiger charge is -2.01. The first-order valence-corrected chi connectivity index (χ1v) is 4.31. The fourth-order valence-electron chi connectivity index (χ4n) is 0.724. The van der Waals surface area contributed by atoms with Crippen molar-refractivity contribution in [2.24, 2.45) is 0 Å². The number of hydrogen-bond acceptors (Lipinski definition) is 3. The van der Waals surface area contributed by atoms with Gasteiger partial charge in [-0.1, -0.05) is 12.2 Å². The summed E-state index contributed by atoms with van der Waals surface area (Å²) in [6, 6.07) is 0. The van der Waals surface area contributed by atoms with Crippen molar-refractivity contribution in [2.45, 2.75) is 19.3 Å². The molecule has 0 spiro atoms. The predicted octanol–water partition coefficient (Wildman–Crippen LogP) is 1.61. The van der Waals surface area contributed by atoms with Gasteiger partial charge in [-0.3, -0.25) is 4.79 Å². The summed E-state index contributed by atoms with van der Waals surface area (Å²) in [7, 11) is 1.62. The molecule has 0 aromatic carbocycles. The number of hydrogen-bond donors (Lipinski definition) is 0. The van der Waals surface area contributed by atoms with Crippen molar-refractivity contribution in [3.05, 3.63) is 19.1 Å². The van der Waals surface area contributed by atoms with Gasteiger partial charge in [-0.2, -0.15) is 0 Å². The van der Waals surface area contributed by atoms with Crippen LogP contribution in [0.3, 0.4) is 0 Å². The number of allylic oxidation sites excluding steroid dienone is 1. The lowest BCUT2D eigenvalue weighted by Crippen LogP contribution is -2.06. The minimum atomic E-state index is -0.221. The Labute approximate surface area is 79.7 Å². The molecule has 2 radical (unpaired) electrons. The third-order valence-corrected chi connectivity index (χ3v) is 1.34. The van der Waals surface area contributed by atoms with Crippen molar-refractivity contribution in [1.82, 2.24) is 0 Å². The average molecular weight is 184 g/mol. The summed E-state index contributed by atoms with van der Waals surface area (Å²) in [5.41, 5.74) is 0. The SMILES string of the molecule is [CH]C/C=C\CC(=O)OCCCOC. The van der Waals surface area contributed by atoms with Gasteiger partial charge in [0.05, 0.1) is 13.0 Å². The molecule has 3 nitrogen and oxygen atoms in total. The highest BCUT2D eigenvalue weighted by molar-refractivity contribution is 5.71. The van der Waals surface area contributed by atoms with Crippen LogP contribution < -0.4 is 0 Å². The van der Waals surface area contributed by atoms with Gasteiger partial charge in [0.25, 0.3) is 0 Å². The van der Waals surface area contributed by atoms with Gasteiger partial charge in [-0.05, 0) is 13.3 Å². The van der Waals surface area contributed by atoms with Gasteiger partial charge in [-0.25, -0.2) is 0 Å². The Bertz CT molecular complexity index is 152. The van der Waals surface area contributed by atoms with Crippen LogP contribution in [0, 0.1) is 6.92 Å². The molecule has 0 aliphatic heterocycles. The van der Waals surface area contributed by atoms with Crippen LogP contribution in [0.5, 0.6) is 0 Å². The van der Waals surface area contributed by atoms with Crippen molar-refractivity contribution < 1.29 is 14.3 Å². The van der Waals surface area contributed by atoms with Crippen molar-refractivity contribution in [3.8, 4) is 0 Å². The fraction of sp³-hybridized carbons (Fsp3) is 0.600. The third-order valence-electron chi connectivity index (χ3n) is 1.34. The monoisotopic (exact) mass is 184 g/mol. The highest BCUT2D eigenvalue weighted by Crippen LogP contribution is 1.92. The van der Waals surface area contributed by atoms with Crippen LogP contribution in [-0.2, 0) is 14.3 Å². The van der Waals surface area contributed by atoms with Crippen LogP contribution in [0.4, 0.5) is 0 Å². The molecule has 0 amide bonds. The second-order valence-electron chi connectivity index (χ2n) is 2.48. The summed E-state index contributed by atoms with van der Waals surface area (Å²) in [5, 5.41) is 0. The number of esters is 1. The maximum atomic E-state index is 10.9. The lowest BCUT2D eigenvalue weighted by molar-refractivity contribution is -0.142. The Kier molecular flexibility index (Phi) is 8.67. The number of ether oxygens (including phenoxy) is 2. The average Bonchev–Trinajstić information content (AvgIpc) is 2.13. The largest absolute Gasteiger partial charge is 0.465 e. The molecular formula is C10H16O3. The van der Waals surface area contributed by atoms with Crippen LogP contribution in [0.15, 0.2) is 12.2 Å². The zero-order valence-electron chi connectivity index (χ0n) is 7.99. The van der Waals surface area contributed by atoms with Crippen LogP contribution >= 0.6 is 0 Å². The smallest absolute Gasteiger partial charge is 0.309 e.